The molecule has 0 saturated heterocycles. The Morgan fingerprint density at radius 1 is 1.32 bits per heavy atom. The maximum Gasteiger partial charge on any atom is 0.342 e. The molecule has 1 aromatic carbocycles. The normalized spacial score (nSPS) is 11.7. The smallest absolute Gasteiger partial charge is 0.342 e. The number of carbonyl (C=O) groups excluding carboxylic acids is 1. The Morgan fingerprint density at radius 2 is 1.95 bits per heavy atom. The molecule has 1 aromatic heterocycles. The van der Waals surface area contributed by atoms with Crippen LogP contribution in [0, 0.1) is 20.8 Å². The standard InChI is InChI=1S/C15H19NO5S/c1-6-20-15(17)13-10(4)21-11-7-8(2)14(9(3)12(11)13)16-22(5,18)19/h7,16H,6H2,1-5H3. The predicted molar refractivity (Wildman–Crippen MR) is 84.8 cm³/mol. The zero-order valence-electron chi connectivity index (χ0n) is 13.2. The highest BCUT2D eigenvalue weighted by Crippen LogP contribution is 2.35. The first-order chi connectivity index (χ1) is 10.2. The lowest BCUT2D eigenvalue weighted by Gasteiger charge is -2.12. The van der Waals surface area contributed by atoms with Gasteiger partial charge in [-0.15, -0.1) is 0 Å². The van der Waals surface area contributed by atoms with Gasteiger partial charge in [0.25, 0.3) is 0 Å². The van der Waals surface area contributed by atoms with Gasteiger partial charge in [0.2, 0.25) is 10.0 Å². The van der Waals surface area contributed by atoms with Crippen molar-refractivity contribution in [3.8, 4) is 0 Å². The van der Waals surface area contributed by atoms with E-state index in [2.05, 4.69) is 4.72 Å². The molecule has 0 unspecified atom stereocenters. The summed E-state index contributed by atoms with van der Waals surface area (Å²) < 4.78 is 36.3. The van der Waals surface area contributed by atoms with Crippen LogP contribution in [0.3, 0.4) is 0 Å². The van der Waals surface area contributed by atoms with E-state index in [0.717, 1.165) is 11.8 Å². The summed E-state index contributed by atoms with van der Waals surface area (Å²) in [6, 6.07) is 1.71. The predicted octanol–water partition coefficient (Wildman–Crippen LogP) is 2.91. The van der Waals surface area contributed by atoms with Crippen LogP contribution in [-0.2, 0) is 14.8 Å². The van der Waals surface area contributed by atoms with Crippen molar-refractivity contribution in [2.75, 3.05) is 17.6 Å². The molecule has 2 aromatic rings. The topological polar surface area (TPSA) is 85.6 Å². The second-order valence-electron chi connectivity index (χ2n) is 5.19. The van der Waals surface area contributed by atoms with Gasteiger partial charge in [-0.3, -0.25) is 4.72 Å². The molecule has 6 nitrogen and oxygen atoms in total. The average Bonchev–Trinajstić information content (AvgIpc) is 2.70. The van der Waals surface area contributed by atoms with Crippen LogP contribution in [0.1, 0.15) is 34.2 Å². The van der Waals surface area contributed by atoms with Crippen LogP contribution in [0.2, 0.25) is 0 Å². The summed E-state index contributed by atoms with van der Waals surface area (Å²) in [6.45, 7) is 7.19. The molecule has 0 fully saturated rings. The largest absolute Gasteiger partial charge is 0.462 e. The van der Waals surface area contributed by atoms with Gasteiger partial charge >= 0.3 is 5.97 Å². The van der Waals surface area contributed by atoms with E-state index in [4.69, 9.17) is 9.15 Å². The summed E-state index contributed by atoms with van der Waals surface area (Å²) in [5.74, 6) is -0.0246. The van der Waals surface area contributed by atoms with E-state index in [0.29, 0.717) is 33.5 Å². The highest BCUT2D eigenvalue weighted by molar-refractivity contribution is 7.92. The number of nitrogens with one attached hydrogen (secondary N) is 1. The molecular weight excluding hydrogens is 306 g/mol. The van der Waals surface area contributed by atoms with Gasteiger partial charge < -0.3 is 9.15 Å². The molecule has 0 radical (unpaired) electrons. The minimum absolute atomic E-state index is 0.254. The van der Waals surface area contributed by atoms with Crippen LogP contribution >= 0.6 is 0 Å². The highest BCUT2D eigenvalue weighted by atomic mass is 32.2. The molecule has 1 heterocycles. The highest BCUT2D eigenvalue weighted by Gasteiger charge is 2.23. The maximum atomic E-state index is 12.2. The zero-order valence-corrected chi connectivity index (χ0v) is 14.1. The van der Waals surface area contributed by atoms with Crippen LogP contribution in [-0.4, -0.2) is 27.2 Å². The Labute approximate surface area is 129 Å². The van der Waals surface area contributed by atoms with Gasteiger partial charge in [0, 0.05) is 5.39 Å². The first-order valence-corrected chi connectivity index (χ1v) is 8.73. The summed E-state index contributed by atoms with van der Waals surface area (Å²) in [7, 11) is -3.42. The number of rotatable bonds is 4. The van der Waals surface area contributed by atoms with Crippen LogP contribution in [0.4, 0.5) is 5.69 Å². The number of hydrogen-bond acceptors (Lipinski definition) is 5. The Balaban J connectivity index is 2.77. The number of anilines is 1. The summed E-state index contributed by atoms with van der Waals surface area (Å²) in [5, 5.41) is 0.577. The minimum atomic E-state index is -3.42. The quantitative estimate of drug-likeness (QED) is 0.874. The number of furan rings is 1. The van der Waals surface area contributed by atoms with Gasteiger partial charge in [0.1, 0.15) is 16.9 Å². The number of sulfonamides is 1. The molecule has 0 aliphatic rings. The molecule has 0 aliphatic heterocycles. The minimum Gasteiger partial charge on any atom is -0.462 e. The number of fused-ring (bicyclic) bond motifs is 1. The maximum absolute atomic E-state index is 12.2. The molecule has 120 valence electrons. The summed E-state index contributed by atoms with van der Waals surface area (Å²) in [6.07, 6.45) is 1.09. The molecule has 0 aliphatic carbocycles. The molecule has 7 heteroatoms. The molecule has 0 atom stereocenters. The monoisotopic (exact) mass is 325 g/mol. The number of benzene rings is 1. The van der Waals surface area contributed by atoms with E-state index in [1.165, 1.54) is 0 Å². The number of esters is 1. The fourth-order valence-electron chi connectivity index (χ4n) is 2.52. The van der Waals surface area contributed by atoms with E-state index in [1.54, 1.807) is 33.8 Å². The first kappa shape index (κ1) is 16.4. The van der Waals surface area contributed by atoms with Gasteiger partial charge in [-0.05, 0) is 44.9 Å². The van der Waals surface area contributed by atoms with E-state index in [9.17, 15) is 13.2 Å². The SMILES string of the molecule is CCOC(=O)c1c(C)oc2cc(C)c(NS(C)(=O)=O)c(C)c12. The zero-order chi connectivity index (χ0) is 16.7. The van der Waals surface area contributed by atoms with Gasteiger partial charge in [0.05, 0.1) is 18.6 Å². The fourth-order valence-corrected chi connectivity index (χ4v) is 3.21. The second-order valence-corrected chi connectivity index (χ2v) is 6.94. The Morgan fingerprint density at radius 3 is 2.50 bits per heavy atom. The summed E-state index contributed by atoms with van der Waals surface area (Å²) in [4.78, 5) is 12.2. The molecule has 22 heavy (non-hydrogen) atoms. The van der Waals surface area contributed by atoms with Crippen LogP contribution in [0.15, 0.2) is 10.5 Å². The number of aryl methyl sites for hydroxylation is 3. The van der Waals surface area contributed by atoms with Gasteiger partial charge in [-0.1, -0.05) is 0 Å². The van der Waals surface area contributed by atoms with Crippen LogP contribution in [0.25, 0.3) is 11.0 Å². The molecule has 0 amide bonds. The first-order valence-electron chi connectivity index (χ1n) is 6.84. The van der Waals surface area contributed by atoms with Crippen molar-refractivity contribution in [1.29, 1.82) is 0 Å². The number of hydrogen-bond donors (Lipinski definition) is 1. The van der Waals surface area contributed by atoms with Gasteiger partial charge in [0.15, 0.2) is 0 Å². The third-order valence-corrected chi connectivity index (χ3v) is 3.95. The van der Waals surface area contributed by atoms with E-state index >= 15 is 0 Å². The van der Waals surface area contributed by atoms with Crippen LogP contribution in [0.5, 0.6) is 0 Å². The lowest BCUT2D eigenvalue weighted by molar-refractivity contribution is 0.0526. The van der Waals surface area contributed by atoms with E-state index in [1.807, 2.05) is 0 Å². The van der Waals surface area contributed by atoms with Crippen molar-refractivity contribution in [2.24, 2.45) is 0 Å². The van der Waals surface area contributed by atoms with Crippen molar-refractivity contribution in [2.45, 2.75) is 27.7 Å². The average molecular weight is 325 g/mol. The van der Waals surface area contributed by atoms with Crippen molar-refractivity contribution in [1.82, 2.24) is 0 Å². The number of ether oxygens (including phenoxy) is 1. The molecule has 0 spiro atoms. The third kappa shape index (κ3) is 2.94. The van der Waals surface area contributed by atoms with E-state index in [-0.39, 0.29) is 6.61 Å². The van der Waals surface area contributed by atoms with Crippen molar-refractivity contribution < 1.29 is 22.4 Å². The molecule has 2 rings (SSSR count). The van der Waals surface area contributed by atoms with Gasteiger partial charge in [-0.25, -0.2) is 13.2 Å². The lowest BCUT2D eigenvalue weighted by atomic mass is 10.0. The van der Waals surface area contributed by atoms with Crippen molar-refractivity contribution >= 4 is 32.6 Å². The molecule has 0 saturated carbocycles. The van der Waals surface area contributed by atoms with Crippen molar-refractivity contribution in [3.63, 3.8) is 0 Å². The molecule has 0 bridgehead atoms. The molecular formula is C15H19NO5S. The van der Waals surface area contributed by atoms with Crippen molar-refractivity contribution in [3.05, 3.63) is 28.5 Å². The molecule has 1 N–H and O–H groups in total. The van der Waals surface area contributed by atoms with Crippen LogP contribution < -0.4 is 4.72 Å². The third-order valence-electron chi connectivity index (χ3n) is 3.37. The van der Waals surface area contributed by atoms with Gasteiger partial charge in [-0.2, -0.15) is 0 Å². The summed E-state index contributed by atoms with van der Waals surface area (Å²) in [5.41, 5.74) is 2.70. The Hall–Kier alpha value is -2.02. The number of carbonyl (C=O) groups is 1. The fraction of sp³-hybridized carbons (Fsp3) is 0.400. The Bertz CT molecular complexity index is 849. The lowest BCUT2D eigenvalue weighted by Crippen LogP contribution is -2.12. The van der Waals surface area contributed by atoms with E-state index < -0.39 is 16.0 Å². The Kier molecular flexibility index (Phi) is 4.19. The second kappa shape index (κ2) is 5.64. The summed E-state index contributed by atoms with van der Waals surface area (Å²) >= 11 is 0.